The fraction of sp³-hybridized carbons (Fsp3) is 0.522. The first-order valence-electron chi connectivity index (χ1n) is 10.7. The Morgan fingerprint density at radius 2 is 1.91 bits per heavy atom. The fourth-order valence-corrected chi connectivity index (χ4v) is 2.64. The summed E-state index contributed by atoms with van der Waals surface area (Å²) in [5.74, 6) is -0.352. The number of amides is 2. The summed E-state index contributed by atoms with van der Waals surface area (Å²) < 4.78 is 10.5. The highest BCUT2D eigenvalue weighted by Gasteiger charge is 2.15. The molecule has 9 nitrogen and oxygen atoms in total. The lowest BCUT2D eigenvalue weighted by atomic mass is 10.1. The molecule has 0 aliphatic heterocycles. The van der Waals surface area contributed by atoms with Crippen LogP contribution in [0.3, 0.4) is 0 Å². The number of nitrogens with two attached hydrogens (primary N) is 1. The summed E-state index contributed by atoms with van der Waals surface area (Å²) in [7, 11) is 1.44. The van der Waals surface area contributed by atoms with E-state index in [2.05, 4.69) is 36.6 Å². The predicted octanol–water partition coefficient (Wildman–Crippen LogP) is 1.43. The van der Waals surface area contributed by atoms with Gasteiger partial charge >= 0.3 is 5.97 Å². The van der Waals surface area contributed by atoms with Crippen molar-refractivity contribution in [2.45, 2.75) is 52.1 Å². The van der Waals surface area contributed by atoms with Gasteiger partial charge in [0.05, 0.1) is 13.7 Å². The van der Waals surface area contributed by atoms with Gasteiger partial charge in [0.25, 0.3) is 0 Å². The highest BCUT2D eigenvalue weighted by atomic mass is 16.6. The van der Waals surface area contributed by atoms with Crippen LogP contribution >= 0.6 is 0 Å². The molecule has 1 unspecified atom stereocenters. The van der Waals surface area contributed by atoms with Gasteiger partial charge in [0.15, 0.2) is 11.5 Å². The second-order valence-corrected chi connectivity index (χ2v) is 7.66. The number of allylic oxidation sites excluding steroid dienone is 2. The molecule has 0 spiro atoms. The molecule has 0 heterocycles. The van der Waals surface area contributed by atoms with Gasteiger partial charge in [-0.15, -0.1) is 0 Å². The minimum absolute atomic E-state index is 0.0239. The average Bonchev–Trinajstić information content (AvgIpc) is 2.78. The monoisotopic (exact) mass is 449 g/mol. The molecule has 1 atom stereocenters. The molecule has 0 radical (unpaired) electrons. The number of aliphatic hydroxyl groups is 1. The van der Waals surface area contributed by atoms with Gasteiger partial charge in [-0.25, -0.2) is 4.79 Å². The van der Waals surface area contributed by atoms with Crippen molar-refractivity contribution in [2.24, 2.45) is 11.7 Å². The third-order valence-corrected chi connectivity index (χ3v) is 4.43. The van der Waals surface area contributed by atoms with Gasteiger partial charge in [-0.2, -0.15) is 0 Å². The van der Waals surface area contributed by atoms with Gasteiger partial charge in [0.2, 0.25) is 11.8 Å². The van der Waals surface area contributed by atoms with E-state index in [0.717, 1.165) is 24.8 Å². The van der Waals surface area contributed by atoms with Crippen LogP contribution in [0, 0.1) is 5.92 Å². The van der Waals surface area contributed by atoms with Crippen molar-refractivity contribution >= 4 is 17.8 Å². The van der Waals surface area contributed by atoms with Crippen LogP contribution in [-0.4, -0.2) is 49.2 Å². The lowest BCUT2D eigenvalue weighted by molar-refractivity contribution is -0.136. The Labute approximate surface area is 189 Å². The molecule has 178 valence electrons. The van der Waals surface area contributed by atoms with Crippen LogP contribution < -0.4 is 25.8 Å². The van der Waals surface area contributed by atoms with Crippen LogP contribution in [0.1, 0.15) is 45.1 Å². The van der Waals surface area contributed by atoms with Crippen molar-refractivity contribution in [1.82, 2.24) is 10.6 Å². The van der Waals surface area contributed by atoms with E-state index in [-0.39, 0.29) is 11.7 Å². The summed E-state index contributed by atoms with van der Waals surface area (Å²) >= 11 is 0. The number of benzene rings is 1. The maximum absolute atomic E-state index is 12.0. The van der Waals surface area contributed by atoms with E-state index in [4.69, 9.17) is 20.3 Å². The van der Waals surface area contributed by atoms with E-state index in [9.17, 15) is 14.4 Å². The SMILES string of the molecule is COc1cc(CNC(=O)CCCC/C=C/C(C)C)ccc1OC(=O)CNC(=O)C(N)CO. The van der Waals surface area contributed by atoms with Crippen molar-refractivity contribution in [3.63, 3.8) is 0 Å². The molecule has 0 saturated carbocycles. The van der Waals surface area contributed by atoms with Gasteiger partial charge in [0, 0.05) is 13.0 Å². The Hall–Kier alpha value is -2.91. The van der Waals surface area contributed by atoms with Crippen molar-refractivity contribution in [1.29, 1.82) is 0 Å². The van der Waals surface area contributed by atoms with Crippen LogP contribution in [0.2, 0.25) is 0 Å². The van der Waals surface area contributed by atoms with Crippen molar-refractivity contribution in [3.05, 3.63) is 35.9 Å². The summed E-state index contributed by atoms with van der Waals surface area (Å²) in [5, 5.41) is 14.0. The third kappa shape index (κ3) is 10.9. The number of aliphatic hydroxyl groups excluding tert-OH is 1. The Morgan fingerprint density at radius 1 is 1.16 bits per heavy atom. The second-order valence-electron chi connectivity index (χ2n) is 7.66. The molecule has 0 aliphatic rings. The molecule has 2 amide bonds. The zero-order valence-corrected chi connectivity index (χ0v) is 19.1. The highest BCUT2D eigenvalue weighted by Crippen LogP contribution is 2.28. The number of methoxy groups -OCH3 is 1. The molecule has 0 fully saturated rings. The predicted molar refractivity (Wildman–Crippen MR) is 121 cm³/mol. The van der Waals surface area contributed by atoms with E-state index in [1.165, 1.54) is 7.11 Å². The van der Waals surface area contributed by atoms with Gasteiger partial charge < -0.3 is 30.9 Å². The molecule has 9 heteroatoms. The Kier molecular flexibility index (Phi) is 12.7. The molecular weight excluding hydrogens is 414 g/mol. The molecule has 0 aromatic heterocycles. The molecule has 32 heavy (non-hydrogen) atoms. The summed E-state index contributed by atoms with van der Waals surface area (Å²) in [6, 6.07) is 3.83. The van der Waals surface area contributed by atoms with Gasteiger partial charge in [-0.3, -0.25) is 9.59 Å². The maximum atomic E-state index is 12.0. The Morgan fingerprint density at radius 3 is 2.56 bits per heavy atom. The number of carbonyl (C=O) groups is 3. The number of esters is 1. The van der Waals surface area contributed by atoms with Gasteiger partial charge in [0.1, 0.15) is 12.6 Å². The lowest BCUT2D eigenvalue weighted by Gasteiger charge is -2.13. The molecule has 1 aromatic carbocycles. The van der Waals surface area contributed by atoms with Gasteiger partial charge in [-0.1, -0.05) is 32.1 Å². The molecule has 0 saturated heterocycles. The molecule has 1 rings (SSSR count). The molecule has 0 aliphatic carbocycles. The smallest absolute Gasteiger partial charge is 0.330 e. The molecule has 5 N–H and O–H groups in total. The number of unbranched alkanes of at least 4 members (excludes halogenated alkanes) is 2. The van der Waals surface area contributed by atoms with E-state index < -0.39 is 31.1 Å². The van der Waals surface area contributed by atoms with Gasteiger partial charge in [-0.05, 0) is 42.9 Å². The number of hydrogen-bond acceptors (Lipinski definition) is 7. The number of ether oxygens (including phenoxy) is 2. The quantitative estimate of drug-likeness (QED) is 0.146. The van der Waals surface area contributed by atoms with E-state index in [1.54, 1.807) is 18.2 Å². The van der Waals surface area contributed by atoms with E-state index in [0.29, 0.717) is 24.6 Å². The van der Waals surface area contributed by atoms with Crippen LogP contribution in [0.4, 0.5) is 0 Å². The first-order chi connectivity index (χ1) is 15.3. The minimum atomic E-state index is -1.10. The minimum Gasteiger partial charge on any atom is -0.493 e. The summed E-state index contributed by atoms with van der Waals surface area (Å²) in [4.78, 5) is 35.5. The third-order valence-electron chi connectivity index (χ3n) is 4.43. The normalized spacial score (nSPS) is 11.9. The lowest BCUT2D eigenvalue weighted by Crippen LogP contribution is -2.45. The molecule has 0 bridgehead atoms. The zero-order chi connectivity index (χ0) is 23.9. The van der Waals surface area contributed by atoms with Crippen LogP contribution in [0.5, 0.6) is 11.5 Å². The standard InChI is InChI=1S/C23H35N3O6/c1-16(2)8-6-4-5-7-9-21(28)25-13-17-10-11-19(20(12-17)31-3)32-22(29)14-26-23(30)18(24)15-27/h6,8,10-12,16,18,27H,4-5,7,9,13-15,24H2,1-3H3,(H,25,28)(H,26,30)/b8-6+. The second kappa shape index (κ2) is 15.0. The van der Waals surface area contributed by atoms with Crippen LogP contribution in [0.15, 0.2) is 30.4 Å². The topological polar surface area (TPSA) is 140 Å². The highest BCUT2D eigenvalue weighted by molar-refractivity contribution is 5.86. The Balaban J connectivity index is 2.46. The maximum Gasteiger partial charge on any atom is 0.330 e. The molecular formula is C23H35N3O6. The number of nitrogens with one attached hydrogen (secondary N) is 2. The largest absolute Gasteiger partial charge is 0.493 e. The summed E-state index contributed by atoms with van der Waals surface area (Å²) in [6.45, 7) is 3.66. The average molecular weight is 450 g/mol. The van der Waals surface area contributed by atoms with Crippen LogP contribution in [0.25, 0.3) is 0 Å². The van der Waals surface area contributed by atoms with E-state index in [1.807, 2.05) is 0 Å². The number of carbonyl (C=O) groups excluding carboxylic acids is 3. The van der Waals surface area contributed by atoms with Crippen LogP contribution in [-0.2, 0) is 20.9 Å². The Bertz CT molecular complexity index is 779. The van der Waals surface area contributed by atoms with Crippen molar-refractivity contribution < 1.29 is 29.0 Å². The first kappa shape index (κ1) is 27.1. The van der Waals surface area contributed by atoms with Crippen molar-refractivity contribution in [3.8, 4) is 11.5 Å². The summed E-state index contributed by atoms with van der Waals surface area (Å²) in [6.07, 6.45) is 7.55. The fourth-order valence-electron chi connectivity index (χ4n) is 2.64. The number of hydrogen-bond donors (Lipinski definition) is 4. The zero-order valence-electron chi connectivity index (χ0n) is 19.1. The first-order valence-corrected chi connectivity index (χ1v) is 10.7. The van der Waals surface area contributed by atoms with E-state index >= 15 is 0 Å². The molecule has 1 aromatic rings. The summed E-state index contributed by atoms with van der Waals surface area (Å²) in [5.41, 5.74) is 6.15. The van der Waals surface area contributed by atoms with Crippen molar-refractivity contribution in [2.75, 3.05) is 20.3 Å². The number of rotatable bonds is 14.